The number of aryl methyl sites for hydroxylation is 1. The molecule has 1 heteroatoms. The van der Waals surface area contributed by atoms with E-state index in [0.717, 1.165) is 16.7 Å². The second kappa shape index (κ2) is 11.4. The van der Waals surface area contributed by atoms with Crippen molar-refractivity contribution >= 4 is 28.6 Å². The molecule has 0 radical (unpaired) electrons. The van der Waals surface area contributed by atoms with Crippen LogP contribution in [0.25, 0.3) is 55.8 Å². The predicted octanol–water partition coefficient (Wildman–Crippen LogP) is 10.4. The van der Waals surface area contributed by atoms with Gasteiger partial charge in [0.2, 0.25) is 0 Å². The molecule has 0 unspecified atom stereocenters. The molecule has 0 N–H and O–H groups in total. The quantitative estimate of drug-likeness (QED) is 0.155. The normalized spacial score (nSPS) is 11.8. The maximum atomic E-state index is 4.29. The first-order chi connectivity index (χ1) is 19.7. The number of rotatable bonds is 6. The highest BCUT2D eigenvalue weighted by atomic mass is 14.6. The molecular weight excluding hydrogens is 482 g/mol. The lowest BCUT2D eigenvalue weighted by Gasteiger charge is -2.11. The summed E-state index contributed by atoms with van der Waals surface area (Å²) in [5, 5.41) is 2.54. The van der Waals surface area contributed by atoms with Crippen LogP contribution in [0, 0.1) is 6.92 Å². The molecule has 0 aliphatic carbocycles. The van der Waals surface area contributed by atoms with Gasteiger partial charge in [-0.25, -0.2) is 0 Å². The summed E-state index contributed by atoms with van der Waals surface area (Å²) in [6.07, 6.45) is 4.10. The van der Waals surface area contributed by atoms with E-state index in [1.807, 2.05) is 19.3 Å². The zero-order valence-electron chi connectivity index (χ0n) is 22.9. The van der Waals surface area contributed by atoms with E-state index in [4.69, 9.17) is 0 Å². The van der Waals surface area contributed by atoms with E-state index < -0.39 is 0 Å². The van der Waals surface area contributed by atoms with E-state index in [1.54, 1.807) is 0 Å². The van der Waals surface area contributed by atoms with Gasteiger partial charge in [-0.2, -0.15) is 0 Å². The van der Waals surface area contributed by atoms with E-state index in [0.29, 0.717) is 0 Å². The monoisotopic (exact) mass is 513 g/mol. The van der Waals surface area contributed by atoms with E-state index in [-0.39, 0.29) is 0 Å². The summed E-state index contributed by atoms with van der Waals surface area (Å²) in [4.78, 5) is 4.29. The largest absolute Gasteiger partial charge is 0.296 e. The summed E-state index contributed by atoms with van der Waals surface area (Å²) in [6, 6.07) is 50.1. The lowest BCUT2D eigenvalue weighted by atomic mass is 9.94. The molecule has 0 aliphatic heterocycles. The molecule has 6 aromatic carbocycles. The first-order valence-corrected chi connectivity index (χ1v) is 13.7. The van der Waals surface area contributed by atoms with Crippen LogP contribution in [0.5, 0.6) is 0 Å². The van der Waals surface area contributed by atoms with Gasteiger partial charge < -0.3 is 0 Å². The highest BCUT2D eigenvalue weighted by Gasteiger charge is 2.07. The minimum Gasteiger partial charge on any atom is -0.296 e. The SMILES string of the molecule is CN=C/C(=C\c1ccccc1)c1ccc(-c2cc(C)cc(-c3ccc(-c4ccc5ccccc5c4)cc3)c2)cc1. The smallest absolute Gasteiger partial charge is 0.0287 e. The number of hydrogen-bond acceptors (Lipinski definition) is 1. The van der Waals surface area contributed by atoms with Gasteiger partial charge in [-0.1, -0.05) is 127 Å². The number of hydrogen-bond donors (Lipinski definition) is 0. The Bertz CT molecular complexity index is 1820. The Morgan fingerprint density at radius 3 is 1.70 bits per heavy atom. The number of nitrogens with zero attached hydrogens (tertiary/aromatic N) is 1. The van der Waals surface area contributed by atoms with Crippen molar-refractivity contribution in [3.8, 4) is 33.4 Å². The molecular formula is C39H31N. The molecule has 6 rings (SSSR count). The number of allylic oxidation sites excluding steroid dienone is 1. The third kappa shape index (κ3) is 5.55. The Balaban J connectivity index is 1.28. The fourth-order valence-electron chi connectivity index (χ4n) is 5.26. The Kier molecular flexibility index (Phi) is 7.20. The van der Waals surface area contributed by atoms with Crippen LogP contribution in [0.15, 0.2) is 145 Å². The van der Waals surface area contributed by atoms with Crippen molar-refractivity contribution in [2.75, 3.05) is 7.05 Å². The lowest BCUT2D eigenvalue weighted by molar-refractivity contribution is 1.45. The molecule has 0 saturated heterocycles. The Morgan fingerprint density at radius 1 is 0.500 bits per heavy atom. The Labute approximate surface area is 236 Å². The van der Waals surface area contributed by atoms with Crippen LogP contribution >= 0.6 is 0 Å². The van der Waals surface area contributed by atoms with Gasteiger partial charge in [0, 0.05) is 18.8 Å². The molecule has 0 atom stereocenters. The number of benzene rings is 6. The Hall–Kier alpha value is -5.01. The van der Waals surface area contributed by atoms with Crippen LogP contribution in [0.3, 0.4) is 0 Å². The molecule has 6 aromatic rings. The van der Waals surface area contributed by atoms with Gasteiger partial charge in [-0.15, -0.1) is 0 Å². The standard InChI is InChI=1S/C39H31N/c1-28-22-37(32-14-12-31(13-15-32)36-21-20-30-10-6-7-11-35(30)25-36)26-38(23-28)33-16-18-34(19-17-33)39(27-40-2)24-29-8-4-3-5-9-29/h3-27H,1-2H3/b39-24+,40-27?. The second-order valence-electron chi connectivity index (χ2n) is 10.2. The topological polar surface area (TPSA) is 12.4 Å². The van der Waals surface area contributed by atoms with Crippen LogP contribution in [0.2, 0.25) is 0 Å². The van der Waals surface area contributed by atoms with Gasteiger partial charge in [0.15, 0.2) is 0 Å². The van der Waals surface area contributed by atoms with E-state index in [1.165, 1.54) is 49.7 Å². The molecule has 0 heterocycles. The van der Waals surface area contributed by atoms with Crippen LogP contribution in [0.1, 0.15) is 16.7 Å². The van der Waals surface area contributed by atoms with Gasteiger partial charge in [-0.3, -0.25) is 4.99 Å². The molecule has 0 bridgehead atoms. The highest BCUT2D eigenvalue weighted by molar-refractivity contribution is 6.15. The zero-order chi connectivity index (χ0) is 27.3. The third-order valence-electron chi connectivity index (χ3n) is 7.32. The summed E-state index contributed by atoms with van der Waals surface area (Å²) in [5.74, 6) is 0. The fourth-order valence-corrected chi connectivity index (χ4v) is 5.26. The van der Waals surface area contributed by atoms with Crippen molar-refractivity contribution in [1.29, 1.82) is 0 Å². The van der Waals surface area contributed by atoms with E-state index in [9.17, 15) is 0 Å². The minimum atomic E-state index is 1.09. The van der Waals surface area contributed by atoms with Crippen molar-refractivity contribution in [3.05, 3.63) is 156 Å². The van der Waals surface area contributed by atoms with Crippen LogP contribution in [0.4, 0.5) is 0 Å². The van der Waals surface area contributed by atoms with Crippen molar-refractivity contribution < 1.29 is 0 Å². The molecule has 40 heavy (non-hydrogen) atoms. The molecule has 0 fully saturated rings. The third-order valence-corrected chi connectivity index (χ3v) is 7.32. The minimum absolute atomic E-state index is 1.09. The average Bonchev–Trinajstić information content (AvgIpc) is 3.01. The number of fused-ring (bicyclic) bond motifs is 1. The summed E-state index contributed by atoms with van der Waals surface area (Å²) in [7, 11) is 1.82. The van der Waals surface area contributed by atoms with Gasteiger partial charge in [0.05, 0.1) is 0 Å². The predicted molar refractivity (Wildman–Crippen MR) is 174 cm³/mol. The molecule has 0 saturated carbocycles. The lowest BCUT2D eigenvalue weighted by Crippen LogP contribution is -1.89. The molecule has 0 aliphatic rings. The van der Waals surface area contributed by atoms with Gasteiger partial charge in [0.1, 0.15) is 0 Å². The van der Waals surface area contributed by atoms with Crippen molar-refractivity contribution in [1.82, 2.24) is 0 Å². The van der Waals surface area contributed by atoms with Crippen molar-refractivity contribution in [3.63, 3.8) is 0 Å². The molecule has 0 spiro atoms. The summed E-state index contributed by atoms with van der Waals surface area (Å²) in [5.41, 5.74) is 12.0. The first kappa shape index (κ1) is 25.3. The Morgan fingerprint density at radius 2 is 1.05 bits per heavy atom. The number of aliphatic imine (C=N–C) groups is 1. The van der Waals surface area contributed by atoms with Gasteiger partial charge >= 0.3 is 0 Å². The van der Waals surface area contributed by atoms with Crippen LogP contribution in [-0.4, -0.2) is 13.3 Å². The van der Waals surface area contributed by atoms with Crippen molar-refractivity contribution in [2.24, 2.45) is 4.99 Å². The summed E-state index contributed by atoms with van der Waals surface area (Å²) >= 11 is 0. The average molecular weight is 514 g/mol. The van der Waals surface area contributed by atoms with Crippen molar-refractivity contribution in [2.45, 2.75) is 6.92 Å². The molecule has 1 nitrogen and oxygen atoms in total. The highest BCUT2D eigenvalue weighted by Crippen LogP contribution is 2.31. The van der Waals surface area contributed by atoms with E-state index in [2.05, 4.69) is 151 Å². The summed E-state index contributed by atoms with van der Waals surface area (Å²) in [6.45, 7) is 2.17. The van der Waals surface area contributed by atoms with Crippen LogP contribution in [-0.2, 0) is 0 Å². The second-order valence-corrected chi connectivity index (χ2v) is 10.2. The van der Waals surface area contributed by atoms with Crippen LogP contribution < -0.4 is 0 Å². The maximum Gasteiger partial charge on any atom is 0.0287 e. The fraction of sp³-hybridized carbons (Fsp3) is 0.0513. The molecule has 192 valence electrons. The van der Waals surface area contributed by atoms with E-state index >= 15 is 0 Å². The maximum absolute atomic E-state index is 4.29. The summed E-state index contributed by atoms with van der Waals surface area (Å²) < 4.78 is 0. The van der Waals surface area contributed by atoms with Gasteiger partial charge in [-0.05, 0) is 86.0 Å². The molecule has 0 amide bonds. The molecule has 0 aromatic heterocycles. The first-order valence-electron chi connectivity index (χ1n) is 13.7. The van der Waals surface area contributed by atoms with Gasteiger partial charge in [0.25, 0.3) is 0 Å². The zero-order valence-corrected chi connectivity index (χ0v) is 22.9.